The highest BCUT2D eigenvalue weighted by Gasteiger charge is 2.32. The van der Waals surface area contributed by atoms with Crippen LogP contribution in [0.2, 0.25) is 10.0 Å². The van der Waals surface area contributed by atoms with E-state index in [-0.39, 0.29) is 45.8 Å². The minimum atomic E-state index is -4.57. The normalized spacial score (nSPS) is 16.6. The van der Waals surface area contributed by atoms with E-state index < -0.39 is 17.7 Å². The van der Waals surface area contributed by atoms with Gasteiger partial charge in [0.05, 0.1) is 22.2 Å². The molecule has 3 aromatic heterocycles. The molecule has 0 bridgehead atoms. The van der Waals surface area contributed by atoms with E-state index in [1.807, 2.05) is 0 Å². The van der Waals surface area contributed by atoms with Crippen LogP contribution in [0.1, 0.15) is 12.0 Å². The smallest absolute Gasteiger partial charge is 0.417 e. The number of alkyl halides is 3. The summed E-state index contributed by atoms with van der Waals surface area (Å²) >= 11 is 12.4. The monoisotopic (exact) mass is 541 g/mol. The molecule has 4 heterocycles. The molecule has 1 aliphatic rings. The molecule has 188 valence electrons. The Hall–Kier alpha value is -3.35. The van der Waals surface area contributed by atoms with Gasteiger partial charge in [0.1, 0.15) is 17.5 Å². The Kier molecular flexibility index (Phi) is 6.27. The fourth-order valence-corrected chi connectivity index (χ4v) is 4.44. The third kappa shape index (κ3) is 4.97. The highest BCUT2D eigenvalue weighted by atomic mass is 35.5. The van der Waals surface area contributed by atoms with Crippen molar-refractivity contribution in [3.8, 4) is 28.7 Å². The molecular formula is C22H16Cl2F3N5O4. The number of hydrogen-bond acceptors (Lipinski definition) is 7. The zero-order valence-corrected chi connectivity index (χ0v) is 19.7. The molecule has 0 radical (unpaired) electrons. The zero-order chi connectivity index (χ0) is 25.6. The topological polar surface area (TPSA) is 106 Å². The number of benzene rings is 1. The lowest BCUT2D eigenvalue weighted by Gasteiger charge is -2.15. The number of likely N-dealkylation sites (tertiary alicyclic amines) is 1. The van der Waals surface area contributed by atoms with Crippen LogP contribution in [0.4, 0.5) is 13.2 Å². The van der Waals surface area contributed by atoms with E-state index in [1.165, 1.54) is 6.20 Å². The van der Waals surface area contributed by atoms with E-state index in [1.54, 1.807) is 23.1 Å². The second-order valence-corrected chi connectivity index (χ2v) is 8.97. The number of aromatic nitrogens is 4. The summed E-state index contributed by atoms with van der Waals surface area (Å²) in [7, 11) is 0. The molecule has 0 saturated carbocycles. The number of imidazole rings is 1. The molecule has 4 aromatic rings. The highest BCUT2D eigenvalue weighted by Crippen LogP contribution is 2.34. The number of halogens is 5. The Balaban J connectivity index is 1.34. The van der Waals surface area contributed by atoms with Gasteiger partial charge in [0.2, 0.25) is 5.82 Å². The summed E-state index contributed by atoms with van der Waals surface area (Å²) in [6.07, 6.45) is -1.86. The number of rotatable bonds is 6. The van der Waals surface area contributed by atoms with Gasteiger partial charge in [-0.05, 0) is 30.7 Å². The molecule has 36 heavy (non-hydrogen) atoms. The third-order valence-corrected chi connectivity index (χ3v) is 6.14. The number of pyridine rings is 1. The molecule has 14 heteroatoms. The summed E-state index contributed by atoms with van der Waals surface area (Å²) in [6, 6.07) is 5.72. The lowest BCUT2D eigenvalue weighted by atomic mass is 10.2. The first-order chi connectivity index (χ1) is 17.1. The molecule has 1 aromatic carbocycles. The van der Waals surface area contributed by atoms with Gasteiger partial charge in [-0.25, -0.2) is 4.98 Å². The van der Waals surface area contributed by atoms with Crippen molar-refractivity contribution in [2.45, 2.75) is 18.7 Å². The Labute approximate surface area is 211 Å². The van der Waals surface area contributed by atoms with Gasteiger partial charge >= 0.3 is 12.1 Å². The third-order valence-electron chi connectivity index (χ3n) is 5.55. The number of hydrogen-bond donors (Lipinski definition) is 1. The minimum absolute atomic E-state index is 0.0285. The van der Waals surface area contributed by atoms with Gasteiger partial charge in [-0.2, -0.15) is 18.2 Å². The van der Waals surface area contributed by atoms with Crippen molar-refractivity contribution in [3.63, 3.8) is 0 Å². The van der Waals surface area contributed by atoms with E-state index in [4.69, 9.17) is 37.6 Å². The van der Waals surface area contributed by atoms with Gasteiger partial charge < -0.3 is 18.8 Å². The summed E-state index contributed by atoms with van der Waals surface area (Å²) < 4.78 is 51.6. The second kappa shape index (κ2) is 9.26. The Morgan fingerprint density at radius 3 is 2.72 bits per heavy atom. The zero-order valence-electron chi connectivity index (χ0n) is 18.2. The average Bonchev–Trinajstić information content (AvgIpc) is 3.52. The number of ether oxygens (including phenoxy) is 1. The fraction of sp³-hybridized carbons (Fsp3) is 0.273. The molecule has 0 spiro atoms. The second-order valence-electron chi connectivity index (χ2n) is 8.15. The lowest BCUT2D eigenvalue weighted by Crippen LogP contribution is -2.29. The van der Waals surface area contributed by atoms with E-state index in [0.717, 1.165) is 16.7 Å². The van der Waals surface area contributed by atoms with Crippen LogP contribution < -0.4 is 4.74 Å². The molecule has 1 saturated heterocycles. The molecule has 0 aliphatic carbocycles. The van der Waals surface area contributed by atoms with E-state index in [0.29, 0.717) is 30.8 Å². The van der Waals surface area contributed by atoms with Gasteiger partial charge in [-0.3, -0.25) is 9.69 Å². The summed E-state index contributed by atoms with van der Waals surface area (Å²) in [5.41, 5.74) is -0.235. The molecule has 1 fully saturated rings. The molecule has 0 amide bonds. The predicted octanol–water partition coefficient (Wildman–Crippen LogP) is 4.91. The van der Waals surface area contributed by atoms with Crippen molar-refractivity contribution in [2.24, 2.45) is 0 Å². The van der Waals surface area contributed by atoms with Crippen molar-refractivity contribution < 1.29 is 32.3 Å². The summed E-state index contributed by atoms with van der Waals surface area (Å²) in [5.74, 6) is -0.265. The van der Waals surface area contributed by atoms with E-state index in [9.17, 15) is 18.0 Å². The van der Waals surface area contributed by atoms with E-state index in [2.05, 4.69) is 15.1 Å². The fourth-order valence-electron chi connectivity index (χ4n) is 3.92. The summed E-state index contributed by atoms with van der Waals surface area (Å²) in [4.78, 5) is 21.1. The largest absolute Gasteiger partial charge is 0.489 e. The summed E-state index contributed by atoms with van der Waals surface area (Å²) in [6.45, 7) is 1.08. The quantitative estimate of drug-likeness (QED) is 0.366. The van der Waals surface area contributed by atoms with Gasteiger partial charge in [0, 0.05) is 31.0 Å². The van der Waals surface area contributed by atoms with Gasteiger partial charge in [-0.15, -0.1) is 0 Å². The molecule has 9 nitrogen and oxygen atoms in total. The highest BCUT2D eigenvalue weighted by molar-refractivity contribution is 6.33. The maximum absolute atomic E-state index is 13.1. The first-order valence-corrected chi connectivity index (χ1v) is 11.3. The van der Waals surface area contributed by atoms with Crippen LogP contribution in [0.25, 0.3) is 28.6 Å². The molecule has 5 rings (SSSR count). The Morgan fingerprint density at radius 1 is 1.19 bits per heavy atom. The molecule has 1 atom stereocenters. The standard InChI is InChI=1S/C22H16Cl2F3N5O4/c23-15-6-12(35-13-3-4-31(8-13)10-18(33)34)1-2-14(15)19-29-21(36-30-19)17-9-32-7-11(22(25,26)27)5-16(24)20(32)28-17/h1-2,5-7,9,13H,3-4,8,10H2,(H,33,34). The van der Waals surface area contributed by atoms with Crippen molar-refractivity contribution in [1.29, 1.82) is 0 Å². The molecule has 1 aliphatic heterocycles. The number of fused-ring (bicyclic) bond motifs is 1. The van der Waals surface area contributed by atoms with Crippen LogP contribution in [0.3, 0.4) is 0 Å². The van der Waals surface area contributed by atoms with E-state index >= 15 is 0 Å². The molecule has 1 unspecified atom stereocenters. The van der Waals surface area contributed by atoms with Gasteiger partial charge in [0.25, 0.3) is 5.89 Å². The maximum atomic E-state index is 13.1. The lowest BCUT2D eigenvalue weighted by molar-refractivity contribution is -0.138. The van der Waals surface area contributed by atoms with Crippen molar-refractivity contribution in [3.05, 3.63) is 52.3 Å². The van der Waals surface area contributed by atoms with Crippen molar-refractivity contribution in [1.82, 2.24) is 24.4 Å². The average molecular weight is 542 g/mol. The van der Waals surface area contributed by atoms with Crippen molar-refractivity contribution in [2.75, 3.05) is 19.6 Å². The number of nitrogens with zero attached hydrogens (tertiary/aromatic N) is 5. The first-order valence-electron chi connectivity index (χ1n) is 10.6. The van der Waals surface area contributed by atoms with Crippen LogP contribution in [-0.4, -0.2) is 61.2 Å². The Morgan fingerprint density at radius 2 is 2.00 bits per heavy atom. The Bertz CT molecular complexity index is 1460. The predicted molar refractivity (Wildman–Crippen MR) is 122 cm³/mol. The van der Waals surface area contributed by atoms with Crippen LogP contribution in [-0.2, 0) is 11.0 Å². The number of carboxylic acid groups (broad SMARTS) is 1. The maximum Gasteiger partial charge on any atom is 0.417 e. The minimum Gasteiger partial charge on any atom is -0.489 e. The SMILES string of the molecule is O=C(O)CN1CCC(Oc2ccc(-c3noc(-c4cn5cc(C(F)(F)F)cc(Cl)c5n4)n3)c(Cl)c2)C1. The molecule has 1 N–H and O–H groups in total. The number of carbonyl (C=O) groups is 1. The molecular weight excluding hydrogens is 526 g/mol. The summed E-state index contributed by atoms with van der Waals surface area (Å²) in [5, 5.41) is 12.9. The van der Waals surface area contributed by atoms with Gasteiger partial charge in [0.15, 0.2) is 5.65 Å². The van der Waals surface area contributed by atoms with Crippen LogP contribution in [0, 0.1) is 0 Å². The van der Waals surface area contributed by atoms with Crippen LogP contribution in [0.15, 0.2) is 41.2 Å². The number of aliphatic carboxylic acids is 1. The first kappa shape index (κ1) is 24.3. The van der Waals surface area contributed by atoms with Gasteiger partial charge in [-0.1, -0.05) is 28.4 Å². The van der Waals surface area contributed by atoms with Crippen LogP contribution in [0.5, 0.6) is 5.75 Å². The number of carboxylic acids is 1. The van der Waals surface area contributed by atoms with Crippen molar-refractivity contribution >= 4 is 34.8 Å². The van der Waals surface area contributed by atoms with Crippen LogP contribution >= 0.6 is 23.2 Å².